The Morgan fingerprint density at radius 3 is 2.62 bits per heavy atom. The minimum absolute atomic E-state index is 0.368. The highest BCUT2D eigenvalue weighted by molar-refractivity contribution is 7.18. The second-order valence-corrected chi connectivity index (χ2v) is 7.85. The van der Waals surface area contributed by atoms with Crippen LogP contribution in [-0.2, 0) is 0 Å². The van der Waals surface area contributed by atoms with Gasteiger partial charge in [0.25, 0.3) is 5.91 Å². The van der Waals surface area contributed by atoms with Gasteiger partial charge in [-0.05, 0) is 42.3 Å². The van der Waals surface area contributed by atoms with Gasteiger partial charge in [-0.3, -0.25) is 9.78 Å². The van der Waals surface area contributed by atoms with Gasteiger partial charge in [-0.15, -0.1) is 0 Å². The van der Waals surface area contributed by atoms with Gasteiger partial charge in [0.2, 0.25) is 0 Å². The van der Waals surface area contributed by atoms with Crippen LogP contribution in [0.5, 0.6) is 0 Å². The molecule has 7 heteroatoms. The summed E-state index contributed by atoms with van der Waals surface area (Å²) in [6.45, 7) is 1.93. The van der Waals surface area contributed by atoms with Crippen molar-refractivity contribution in [3.8, 4) is 22.4 Å². The van der Waals surface area contributed by atoms with Gasteiger partial charge >= 0.3 is 0 Å². The highest BCUT2D eigenvalue weighted by Crippen LogP contribution is 2.38. The molecule has 0 atom stereocenters. The normalized spacial score (nSPS) is 10.7. The van der Waals surface area contributed by atoms with Crippen LogP contribution in [-0.4, -0.2) is 15.9 Å². The van der Waals surface area contributed by atoms with Crippen LogP contribution in [0.3, 0.4) is 0 Å². The number of halogens is 1. The number of benzene rings is 2. The summed E-state index contributed by atoms with van der Waals surface area (Å²) in [5.74, 6) is -0.533. The van der Waals surface area contributed by atoms with Crippen LogP contribution < -0.4 is 11.1 Å². The number of primary amides is 1. The molecule has 2 heterocycles. The molecule has 4 rings (SSSR count). The fraction of sp³-hybridized carbons (Fsp3) is 0.0455. The van der Waals surface area contributed by atoms with Crippen LogP contribution in [0.1, 0.15) is 15.2 Å². The molecular formula is C22H17ClN4OS. The van der Waals surface area contributed by atoms with E-state index in [1.165, 1.54) is 11.3 Å². The standard InChI is InChI=1S/C22H17ClN4OS/c1-13-5-2-9-17(23)18(13)19-20(21(24)28)29-22(27-19)26-16-8-3-6-14(11-16)15-7-4-10-25-12-15/h2-12H,1H3,(H2,24,28)(H,26,27). The predicted octanol–water partition coefficient (Wildman–Crippen LogP) is 5.68. The lowest BCUT2D eigenvalue weighted by molar-refractivity contribution is 0.100. The molecule has 1 amide bonds. The SMILES string of the molecule is Cc1cccc(Cl)c1-c1nc(Nc2cccc(-c3cccnc3)c2)sc1C(N)=O. The molecule has 4 aromatic rings. The molecule has 0 bridgehead atoms. The van der Waals surface area contributed by atoms with Crippen LogP contribution in [0.4, 0.5) is 10.8 Å². The molecule has 0 unspecified atom stereocenters. The Kier molecular flexibility index (Phi) is 5.29. The topological polar surface area (TPSA) is 80.9 Å². The smallest absolute Gasteiger partial charge is 0.261 e. The molecule has 29 heavy (non-hydrogen) atoms. The number of anilines is 2. The van der Waals surface area contributed by atoms with E-state index in [1.807, 2.05) is 61.7 Å². The molecule has 0 saturated heterocycles. The Bertz CT molecular complexity index is 1170. The number of hydrogen-bond acceptors (Lipinski definition) is 5. The van der Waals surface area contributed by atoms with Crippen LogP contribution in [0.25, 0.3) is 22.4 Å². The highest BCUT2D eigenvalue weighted by Gasteiger charge is 2.21. The first-order valence-corrected chi connectivity index (χ1v) is 10.1. The number of aromatic nitrogens is 2. The second-order valence-electron chi connectivity index (χ2n) is 6.44. The summed E-state index contributed by atoms with van der Waals surface area (Å²) in [6, 6.07) is 17.4. The zero-order valence-corrected chi connectivity index (χ0v) is 17.1. The zero-order chi connectivity index (χ0) is 20.4. The van der Waals surface area contributed by atoms with Gasteiger partial charge in [0.05, 0.1) is 10.7 Å². The largest absolute Gasteiger partial charge is 0.365 e. The maximum absolute atomic E-state index is 12.0. The summed E-state index contributed by atoms with van der Waals surface area (Å²) >= 11 is 7.59. The first-order chi connectivity index (χ1) is 14.0. The molecule has 2 aromatic carbocycles. The van der Waals surface area contributed by atoms with E-state index in [4.69, 9.17) is 17.3 Å². The lowest BCUT2D eigenvalue weighted by Crippen LogP contribution is -2.10. The van der Waals surface area contributed by atoms with Crippen molar-refractivity contribution in [1.82, 2.24) is 9.97 Å². The number of thiazole rings is 1. The van der Waals surface area contributed by atoms with Crippen LogP contribution in [0, 0.1) is 6.92 Å². The van der Waals surface area contributed by atoms with Gasteiger partial charge in [-0.2, -0.15) is 0 Å². The molecule has 2 aromatic heterocycles. The summed E-state index contributed by atoms with van der Waals surface area (Å²) in [4.78, 5) is 21.2. The molecule has 0 aliphatic heterocycles. The van der Waals surface area contributed by atoms with E-state index in [0.717, 1.165) is 27.9 Å². The van der Waals surface area contributed by atoms with Crippen molar-refractivity contribution in [3.05, 3.63) is 82.5 Å². The van der Waals surface area contributed by atoms with Gasteiger partial charge in [0.1, 0.15) is 4.88 Å². The molecule has 5 nitrogen and oxygen atoms in total. The predicted molar refractivity (Wildman–Crippen MR) is 119 cm³/mol. The van der Waals surface area contributed by atoms with Gasteiger partial charge in [-0.25, -0.2) is 4.98 Å². The zero-order valence-electron chi connectivity index (χ0n) is 15.5. The quantitative estimate of drug-likeness (QED) is 0.435. The summed E-state index contributed by atoms with van der Waals surface area (Å²) < 4.78 is 0. The molecular weight excluding hydrogens is 404 g/mol. The van der Waals surface area contributed by atoms with E-state index in [1.54, 1.807) is 12.3 Å². The molecule has 0 radical (unpaired) electrons. The molecule has 0 aliphatic carbocycles. The lowest BCUT2D eigenvalue weighted by Gasteiger charge is -2.07. The van der Waals surface area contributed by atoms with E-state index in [9.17, 15) is 4.79 Å². The Morgan fingerprint density at radius 2 is 1.90 bits per heavy atom. The summed E-state index contributed by atoms with van der Waals surface area (Å²) in [5, 5.41) is 4.37. The van der Waals surface area contributed by atoms with E-state index in [-0.39, 0.29) is 0 Å². The van der Waals surface area contributed by atoms with Gasteiger partial charge in [0, 0.05) is 29.2 Å². The fourth-order valence-electron chi connectivity index (χ4n) is 3.08. The number of nitrogens with one attached hydrogen (secondary N) is 1. The number of nitrogens with two attached hydrogens (primary N) is 1. The van der Waals surface area contributed by atoms with Crippen molar-refractivity contribution in [3.63, 3.8) is 0 Å². The van der Waals surface area contributed by atoms with E-state index < -0.39 is 5.91 Å². The molecule has 0 spiro atoms. The number of carbonyl (C=O) groups excluding carboxylic acids is 1. The Hall–Kier alpha value is -3.22. The number of pyridine rings is 1. The highest BCUT2D eigenvalue weighted by atomic mass is 35.5. The number of nitrogens with zero attached hydrogens (tertiary/aromatic N) is 2. The minimum Gasteiger partial charge on any atom is -0.365 e. The van der Waals surface area contributed by atoms with Crippen molar-refractivity contribution in [2.45, 2.75) is 6.92 Å². The van der Waals surface area contributed by atoms with Gasteiger partial charge < -0.3 is 11.1 Å². The van der Waals surface area contributed by atoms with E-state index in [0.29, 0.717) is 20.7 Å². The van der Waals surface area contributed by atoms with Gasteiger partial charge in [0.15, 0.2) is 5.13 Å². The van der Waals surface area contributed by atoms with Crippen LogP contribution in [0.2, 0.25) is 5.02 Å². The third kappa shape index (κ3) is 3.99. The van der Waals surface area contributed by atoms with Crippen molar-refractivity contribution in [2.24, 2.45) is 5.73 Å². The molecule has 0 aliphatic rings. The van der Waals surface area contributed by atoms with Crippen molar-refractivity contribution >= 4 is 39.7 Å². The van der Waals surface area contributed by atoms with Crippen molar-refractivity contribution in [2.75, 3.05) is 5.32 Å². The molecule has 0 fully saturated rings. The van der Waals surface area contributed by atoms with Crippen molar-refractivity contribution in [1.29, 1.82) is 0 Å². The summed E-state index contributed by atoms with van der Waals surface area (Å²) in [5.41, 5.74) is 10.6. The first-order valence-electron chi connectivity index (χ1n) is 8.86. The Labute approximate surface area is 177 Å². The summed E-state index contributed by atoms with van der Waals surface area (Å²) in [6.07, 6.45) is 3.55. The maximum atomic E-state index is 12.0. The average molecular weight is 421 g/mol. The fourth-order valence-corrected chi connectivity index (χ4v) is 4.23. The second kappa shape index (κ2) is 8.03. The monoisotopic (exact) mass is 420 g/mol. The van der Waals surface area contributed by atoms with Crippen molar-refractivity contribution < 1.29 is 4.79 Å². The third-order valence-corrected chi connectivity index (χ3v) is 5.72. The first kappa shape index (κ1) is 19.1. The number of hydrogen-bond donors (Lipinski definition) is 2. The van der Waals surface area contributed by atoms with Gasteiger partial charge in [-0.1, -0.05) is 53.3 Å². The van der Waals surface area contributed by atoms with Crippen LogP contribution >= 0.6 is 22.9 Å². The Balaban J connectivity index is 1.72. The molecule has 3 N–H and O–H groups in total. The van der Waals surface area contributed by atoms with Crippen LogP contribution in [0.15, 0.2) is 67.0 Å². The number of carbonyl (C=O) groups is 1. The number of rotatable bonds is 5. The number of aryl methyl sites for hydroxylation is 1. The molecule has 0 saturated carbocycles. The van der Waals surface area contributed by atoms with E-state index >= 15 is 0 Å². The number of amides is 1. The average Bonchev–Trinajstić information content (AvgIpc) is 3.12. The minimum atomic E-state index is -0.533. The van der Waals surface area contributed by atoms with E-state index in [2.05, 4.69) is 15.3 Å². The molecule has 144 valence electrons. The Morgan fingerprint density at radius 1 is 1.10 bits per heavy atom. The third-order valence-electron chi connectivity index (χ3n) is 4.42. The lowest BCUT2D eigenvalue weighted by atomic mass is 10.0. The summed E-state index contributed by atoms with van der Waals surface area (Å²) in [7, 11) is 0. The maximum Gasteiger partial charge on any atom is 0.261 e.